The molecule has 0 saturated carbocycles. The Bertz CT molecular complexity index is 156. The second kappa shape index (κ2) is 5.13. The molecule has 1 fully saturated rings. The number of hydrogen-bond donors (Lipinski definition) is 0. The summed E-state index contributed by atoms with van der Waals surface area (Å²) in [4.78, 5) is 2.22. The molecule has 3 heteroatoms. The normalized spacial score (nSPS) is 22.7. The topological polar surface area (TPSA) is 36.3 Å². The van der Waals surface area contributed by atoms with Gasteiger partial charge < -0.3 is 4.74 Å². The van der Waals surface area contributed by atoms with Crippen LogP contribution in [0, 0.1) is 11.3 Å². The van der Waals surface area contributed by atoms with Crippen LogP contribution in [0.3, 0.4) is 0 Å². The van der Waals surface area contributed by atoms with Gasteiger partial charge >= 0.3 is 0 Å². The molecule has 1 aliphatic heterocycles. The second-order valence-electron chi connectivity index (χ2n) is 3.06. The molecule has 0 radical (unpaired) electrons. The van der Waals surface area contributed by atoms with Gasteiger partial charge in [0.2, 0.25) is 0 Å². The minimum absolute atomic E-state index is 0.0895. The number of nitriles is 1. The van der Waals surface area contributed by atoms with Gasteiger partial charge in [-0.3, -0.25) is 4.90 Å². The van der Waals surface area contributed by atoms with Gasteiger partial charge in [0.25, 0.3) is 0 Å². The second-order valence-corrected chi connectivity index (χ2v) is 3.06. The van der Waals surface area contributed by atoms with Gasteiger partial charge in [0.1, 0.15) is 0 Å². The maximum atomic E-state index is 8.84. The van der Waals surface area contributed by atoms with Crippen molar-refractivity contribution in [3.63, 3.8) is 0 Å². The van der Waals surface area contributed by atoms with E-state index in [2.05, 4.69) is 17.9 Å². The maximum absolute atomic E-state index is 8.84. The highest BCUT2D eigenvalue weighted by Crippen LogP contribution is 2.06. The molecule has 0 aromatic rings. The van der Waals surface area contributed by atoms with E-state index in [1.165, 1.54) is 0 Å². The Kier molecular flexibility index (Phi) is 4.06. The molecule has 1 saturated heterocycles. The number of hydrogen-bond acceptors (Lipinski definition) is 3. The third kappa shape index (κ3) is 2.47. The van der Waals surface area contributed by atoms with Crippen LogP contribution in [-0.2, 0) is 4.74 Å². The fourth-order valence-electron chi connectivity index (χ4n) is 1.51. The van der Waals surface area contributed by atoms with Crippen molar-refractivity contribution >= 4 is 0 Å². The molecule has 1 heterocycles. The first-order valence-electron chi connectivity index (χ1n) is 4.60. The molecule has 12 heavy (non-hydrogen) atoms. The van der Waals surface area contributed by atoms with Crippen LogP contribution in [0.25, 0.3) is 0 Å². The highest BCUT2D eigenvalue weighted by atomic mass is 16.5. The Balaban J connectivity index is 2.42. The van der Waals surface area contributed by atoms with Crippen LogP contribution in [0.15, 0.2) is 0 Å². The number of ether oxygens (including phenoxy) is 1. The molecule has 3 nitrogen and oxygen atoms in total. The molecule has 0 aromatic heterocycles. The van der Waals surface area contributed by atoms with Crippen LogP contribution >= 0.6 is 0 Å². The van der Waals surface area contributed by atoms with Crippen molar-refractivity contribution in [3.05, 3.63) is 0 Å². The molecule has 1 aliphatic rings. The predicted molar refractivity (Wildman–Crippen MR) is 46.7 cm³/mol. The van der Waals surface area contributed by atoms with Gasteiger partial charge in [-0.2, -0.15) is 5.26 Å². The van der Waals surface area contributed by atoms with Gasteiger partial charge in [0, 0.05) is 19.7 Å². The first-order valence-corrected chi connectivity index (χ1v) is 4.60. The molecule has 1 unspecified atom stereocenters. The molecule has 0 amide bonds. The van der Waals surface area contributed by atoms with E-state index < -0.39 is 0 Å². The van der Waals surface area contributed by atoms with Gasteiger partial charge in [0.05, 0.1) is 18.7 Å². The minimum atomic E-state index is 0.0895. The summed E-state index contributed by atoms with van der Waals surface area (Å²) in [5.41, 5.74) is 0. The third-order valence-electron chi connectivity index (χ3n) is 2.23. The van der Waals surface area contributed by atoms with Crippen molar-refractivity contribution in [2.75, 3.05) is 26.3 Å². The largest absolute Gasteiger partial charge is 0.380 e. The molecule has 0 aromatic carbocycles. The van der Waals surface area contributed by atoms with E-state index in [9.17, 15) is 0 Å². The van der Waals surface area contributed by atoms with Crippen molar-refractivity contribution in [3.8, 4) is 6.07 Å². The van der Waals surface area contributed by atoms with Crippen LogP contribution in [0.1, 0.15) is 19.8 Å². The third-order valence-corrected chi connectivity index (χ3v) is 2.23. The highest BCUT2D eigenvalue weighted by molar-refractivity contribution is 4.90. The standard InChI is InChI=1S/C9H16N2O/c1-2-9(8-10)11-4-3-6-12-7-5-11/h9H,2-7H2,1H3. The summed E-state index contributed by atoms with van der Waals surface area (Å²) < 4.78 is 5.31. The molecular formula is C9H16N2O. The average Bonchev–Trinajstić information content (AvgIpc) is 2.35. The van der Waals surface area contributed by atoms with E-state index in [0.717, 1.165) is 39.1 Å². The predicted octanol–water partition coefficient (Wildman–Crippen LogP) is 1.01. The van der Waals surface area contributed by atoms with Crippen LogP contribution in [0.5, 0.6) is 0 Å². The Morgan fingerprint density at radius 2 is 2.33 bits per heavy atom. The fourth-order valence-corrected chi connectivity index (χ4v) is 1.51. The lowest BCUT2D eigenvalue weighted by atomic mass is 10.2. The molecule has 1 rings (SSSR count). The van der Waals surface area contributed by atoms with Crippen molar-refractivity contribution in [2.45, 2.75) is 25.8 Å². The summed E-state index contributed by atoms with van der Waals surface area (Å²) in [6.07, 6.45) is 1.97. The van der Waals surface area contributed by atoms with Crippen molar-refractivity contribution in [1.29, 1.82) is 5.26 Å². The lowest BCUT2D eigenvalue weighted by Crippen LogP contribution is -2.35. The summed E-state index contributed by atoms with van der Waals surface area (Å²) in [6.45, 7) is 5.59. The Labute approximate surface area is 73.9 Å². The Morgan fingerprint density at radius 3 is 3.00 bits per heavy atom. The van der Waals surface area contributed by atoms with E-state index >= 15 is 0 Å². The summed E-state index contributed by atoms with van der Waals surface area (Å²) in [5.74, 6) is 0. The maximum Gasteiger partial charge on any atom is 0.0976 e. The van der Waals surface area contributed by atoms with E-state index in [4.69, 9.17) is 10.00 Å². The first kappa shape index (κ1) is 9.50. The molecule has 0 bridgehead atoms. The minimum Gasteiger partial charge on any atom is -0.380 e. The highest BCUT2D eigenvalue weighted by Gasteiger charge is 2.16. The molecule has 68 valence electrons. The smallest absolute Gasteiger partial charge is 0.0976 e. The quantitative estimate of drug-likeness (QED) is 0.617. The summed E-state index contributed by atoms with van der Waals surface area (Å²) in [6, 6.07) is 2.41. The van der Waals surface area contributed by atoms with E-state index in [-0.39, 0.29) is 6.04 Å². The van der Waals surface area contributed by atoms with Crippen LogP contribution in [-0.4, -0.2) is 37.2 Å². The zero-order valence-corrected chi connectivity index (χ0v) is 7.62. The van der Waals surface area contributed by atoms with E-state index in [1.54, 1.807) is 0 Å². The van der Waals surface area contributed by atoms with Gasteiger partial charge in [-0.15, -0.1) is 0 Å². The molecule has 0 aliphatic carbocycles. The van der Waals surface area contributed by atoms with Crippen LogP contribution in [0.2, 0.25) is 0 Å². The number of rotatable bonds is 2. The fraction of sp³-hybridized carbons (Fsp3) is 0.889. The lowest BCUT2D eigenvalue weighted by Gasteiger charge is -2.23. The first-order chi connectivity index (χ1) is 5.88. The van der Waals surface area contributed by atoms with E-state index in [0.29, 0.717) is 0 Å². The van der Waals surface area contributed by atoms with Gasteiger partial charge in [0.15, 0.2) is 0 Å². The zero-order chi connectivity index (χ0) is 8.81. The van der Waals surface area contributed by atoms with Crippen molar-refractivity contribution in [1.82, 2.24) is 4.90 Å². The SMILES string of the molecule is CCC(C#N)N1CCCOCC1. The summed E-state index contributed by atoms with van der Waals surface area (Å²) in [7, 11) is 0. The molecular weight excluding hydrogens is 152 g/mol. The molecule has 1 atom stereocenters. The monoisotopic (exact) mass is 168 g/mol. The van der Waals surface area contributed by atoms with Crippen LogP contribution in [0.4, 0.5) is 0 Å². The van der Waals surface area contributed by atoms with Gasteiger partial charge in [-0.05, 0) is 12.8 Å². The Hall–Kier alpha value is -0.590. The van der Waals surface area contributed by atoms with Gasteiger partial charge in [-0.25, -0.2) is 0 Å². The summed E-state index contributed by atoms with van der Waals surface area (Å²) >= 11 is 0. The lowest BCUT2D eigenvalue weighted by molar-refractivity contribution is 0.137. The number of nitrogens with zero attached hydrogens (tertiary/aromatic N) is 2. The van der Waals surface area contributed by atoms with E-state index in [1.807, 2.05) is 0 Å². The average molecular weight is 168 g/mol. The summed E-state index contributed by atoms with van der Waals surface area (Å²) in [5, 5.41) is 8.84. The van der Waals surface area contributed by atoms with Crippen molar-refractivity contribution < 1.29 is 4.74 Å². The van der Waals surface area contributed by atoms with Crippen molar-refractivity contribution in [2.24, 2.45) is 0 Å². The molecule has 0 spiro atoms. The Morgan fingerprint density at radius 1 is 1.50 bits per heavy atom. The van der Waals surface area contributed by atoms with Crippen LogP contribution < -0.4 is 0 Å². The molecule has 0 N–H and O–H groups in total. The zero-order valence-electron chi connectivity index (χ0n) is 7.62. The van der Waals surface area contributed by atoms with Gasteiger partial charge in [-0.1, -0.05) is 6.92 Å².